The summed E-state index contributed by atoms with van der Waals surface area (Å²) in [7, 11) is -1.42. The second-order valence-corrected chi connectivity index (χ2v) is 11.5. The molecule has 0 radical (unpaired) electrons. The van der Waals surface area contributed by atoms with Crippen LogP contribution in [0, 0.1) is 23.7 Å². The monoisotopic (exact) mass is 602 g/mol. The van der Waals surface area contributed by atoms with Gasteiger partial charge in [0.25, 0.3) is 0 Å². The number of halogens is 1. The Morgan fingerprint density at radius 1 is 0.698 bits per heavy atom. The number of nitrogens with two attached hydrogens (primary N) is 2. The quantitative estimate of drug-likeness (QED) is 0.251. The van der Waals surface area contributed by atoms with Crippen LogP contribution in [0.5, 0.6) is 0 Å². The fraction of sp³-hybridized carbons (Fsp3) is 0.379. The fourth-order valence-corrected chi connectivity index (χ4v) is 5.66. The van der Waals surface area contributed by atoms with Crippen molar-refractivity contribution < 1.29 is 10.0 Å². The van der Waals surface area contributed by atoms with Crippen LogP contribution in [0.1, 0.15) is 20.3 Å². The van der Waals surface area contributed by atoms with Crippen LogP contribution in [0.2, 0.25) is 5.15 Å². The molecule has 2 aliphatic heterocycles. The molecule has 4 aromatic heterocycles. The summed E-state index contributed by atoms with van der Waals surface area (Å²) in [5, 5.41) is 18.2. The minimum Gasteiger partial charge on any atom is -0.423 e. The second kappa shape index (κ2) is 13.1. The molecule has 43 heavy (non-hydrogen) atoms. The van der Waals surface area contributed by atoms with Gasteiger partial charge in [0.2, 0.25) is 0 Å². The molecule has 14 heteroatoms. The minimum absolute atomic E-state index is 0. The molecule has 4 unspecified atom stereocenters. The predicted molar refractivity (Wildman–Crippen MR) is 170 cm³/mol. The van der Waals surface area contributed by atoms with Crippen LogP contribution in [0.15, 0.2) is 61.4 Å². The Morgan fingerprint density at radius 3 is 1.65 bits per heavy atom. The van der Waals surface area contributed by atoms with E-state index in [1.807, 2.05) is 18.3 Å². The zero-order chi connectivity index (χ0) is 29.2. The van der Waals surface area contributed by atoms with Gasteiger partial charge in [-0.05, 0) is 54.7 Å². The van der Waals surface area contributed by atoms with E-state index in [9.17, 15) is 0 Å². The van der Waals surface area contributed by atoms with Crippen LogP contribution >= 0.6 is 11.6 Å². The largest absolute Gasteiger partial charge is 0.490 e. The molecule has 12 nitrogen and oxygen atoms in total. The Balaban J connectivity index is 0.000000137. The number of aromatic nitrogens is 6. The van der Waals surface area contributed by atoms with Crippen molar-refractivity contribution in [2.75, 3.05) is 47.4 Å². The van der Waals surface area contributed by atoms with Crippen molar-refractivity contribution in [2.45, 2.75) is 20.3 Å². The van der Waals surface area contributed by atoms with E-state index >= 15 is 0 Å². The van der Waals surface area contributed by atoms with Crippen LogP contribution in [0.3, 0.4) is 0 Å². The molecule has 4 aromatic rings. The normalized spacial score (nSPS) is 22.1. The van der Waals surface area contributed by atoms with Gasteiger partial charge >= 0.3 is 7.12 Å². The molecule has 0 amide bonds. The SMILES string of the molecule is C.Nc1cncc(-c2ccc(N3CC4CC4C3)nc2)n1.Nc1cncc(Cl)n1.OB(O)c1ccc(N2CC3CC3C2)nc1. The van der Waals surface area contributed by atoms with Crippen LogP contribution in [0.4, 0.5) is 23.3 Å². The highest BCUT2D eigenvalue weighted by atomic mass is 35.5. The molecule has 0 bridgehead atoms. The lowest BCUT2D eigenvalue weighted by molar-refractivity contribution is 0.425. The number of piperidine rings is 2. The molecule has 8 rings (SSSR count). The average molecular weight is 603 g/mol. The van der Waals surface area contributed by atoms with E-state index in [2.05, 4.69) is 45.8 Å². The van der Waals surface area contributed by atoms with Gasteiger partial charge in [-0.15, -0.1) is 0 Å². The Hall–Kier alpha value is -4.07. The van der Waals surface area contributed by atoms with Crippen LogP contribution in [0.25, 0.3) is 11.3 Å². The van der Waals surface area contributed by atoms with E-state index in [-0.39, 0.29) is 7.43 Å². The van der Waals surface area contributed by atoms with Crippen molar-refractivity contribution in [3.8, 4) is 11.3 Å². The van der Waals surface area contributed by atoms with Gasteiger partial charge in [-0.2, -0.15) is 0 Å². The first-order chi connectivity index (χ1) is 20.3. The van der Waals surface area contributed by atoms with Gasteiger partial charge in [0, 0.05) is 49.6 Å². The van der Waals surface area contributed by atoms with Crippen molar-refractivity contribution >= 4 is 47.5 Å². The predicted octanol–water partition coefficient (Wildman–Crippen LogP) is 2.14. The lowest BCUT2D eigenvalue weighted by Gasteiger charge is -2.18. The summed E-state index contributed by atoms with van der Waals surface area (Å²) in [5.41, 5.74) is 13.0. The smallest absolute Gasteiger partial charge is 0.423 e. The van der Waals surface area contributed by atoms with E-state index in [1.54, 1.807) is 18.5 Å². The number of rotatable bonds is 4. The molecule has 0 aromatic carbocycles. The molecule has 4 aliphatic rings. The molecule has 2 aliphatic carbocycles. The van der Waals surface area contributed by atoms with Crippen molar-refractivity contribution in [3.05, 3.63) is 66.6 Å². The van der Waals surface area contributed by atoms with Crippen molar-refractivity contribution in [2.24, 2.45) is 23.7 Å². The Morgan fingerprint density at radius 2 is 1.23 bits per heavy atom. The summed E-state index contributed by atoms with van der Waals surface area (Å²) >= 11 is 5.39. The average Bonchev–Trinajstić information content (AvgIpc) is 3.83. The van der Waals surface area contributed by atoms with Crippen molar-refractivity contribution in [3.63, 3.8) is 0 Å². The molecule has 0 spiro atoms. The number of hydrogen-bond donors (Lipinski definition) is 4. The number of nitrogens with zero attached hydrogens (tertiary/aromatic N) is 8. The van der Waals surface area contributed by atoms with Gasteiger partial charge in [-0.25, -0.2) is 19.9 Å². The molecular weight excluding hydrogens is 567 g/mol. The number of anilines is 4. The highest BCUT2D eigenvalue weighted by molar-refractivity contribution is 6.58. The van der Waals surface area contributed by atoms with Crippen LogP contribution in [-0.2, 0) is 0 Å². The maximum Gasteiger partial charge on any atom is 0.490 e. The molecule has 2 saturated carbocycles. The summed E-state index contributed by atoms with van der Waals surface area (Å²) in [4.78, 5) is 29.0. The first-order valence-electron chi connectivity index (χ1n) is 13.9. The van der Waals surface area contributed by atoms with Gasteiger partial charge in [0.1, 0.15) is 28.4 Å². The van der Waals surface area contributed by atoms with Gasteiger partial charge in [-0.1, -0.05) is 25.1 Å². The standard InChI is InChI=1S/C14H15N5.C10H13BN2O2.C4H4ClN3.CH4/c15-13-6-16-5-12(18-13)9-1-2-14(17-4-9)19-7-10-3-11(10)8-19;14-11(15)9-1-2-10(12-4-9)13-5-7-3-8(7)6-13;5-3-1-7-2-4(6)8-3;/h1-2,4-6,10-11H,3,7-8H2,(H2,15,18);1-2,4,7-8,14-15H,3,5-6H2;1-2H,(H2,6,8);1H4. The number of nitrogen functional groups attached to an aromatic ring is 2. The Bertz CT molecular complexity index is 1480. The summed E-state index contributed by atoms with van der Waals surface area (Å²) in [6, 6.07) is 7.68. The van der Waals surface area contributed by atoms with Gasteiger partial charge in [0.15, 0.2) is 0 Å². The third-order valence-corrected chi connectivity index (χ3v) is 8.18. The van der Waals surface area contributed by atoms with E-state index in [4.69, 9.17) is 33.1 Å². The zero-order valence-corrected chi connectivity index (χ0v) is 23.7. The van der Waals surface area contributed by atoms with Crippen LogP contribution in [-0.4, -0.2) is 73.2 Å². The van der Waals surface area contributed by atoms with Crippen LogP contribution < -0.4 is 26.7 Å². The molecule has 6 N–H and O–H groups in total. The van der Waals surface area contributed by atoms with Gasteiger partial charge in [-0.3, -0.25) is 9.97 Å². The molecular formula is C29H36BClN10O2. The van der Waals surface area contributed by atoms with E-state index < -0.39 is 7.12 Å². The molecule has 6 heterocycles. The topological polar surface area (TPSA) is 176 Å². The summed E-state index contributed by atoms with van der Waals surface area (Å²) in [6.07, 6.45) is 12.3. The highest BCUT2D eigenvalue weighted by Gasteiger charge is 2.46. The van der Waals surface area contributed by atoms with Crippen molar-refractivity contribution in [1.29, 1.82) is 0 Å². The lowest BCUT2D eigenvalue weighted by Crippen LogP contribution is -2.31. The lowest BCUT2D eigenvalue weighted by atomic mass is 9.82. The van der Waals surface area contributed by atoms with E-state index in [0.717, 1.165) is 72.7 Å². The maximum absolute atomic E-state index is 8.93. The number of hydrogen-bond acceptors (Lipinski definition) is 12. The maximum atomic E-state index is 8.93. The van der Waals surface area contributed by atoms with Gasteiger partial charge in [0.05, 0.1) is 30.5 Å². The highest BCUT2D eigenvalue weighted by Crippen LogP contribution is 2.46. The molecule has 2 saturated heterocycles. The summed E-state index contributed by atoms with van der Waals surface area (Å²) in [6.45, 7) is 4.54. The summed E-state index contributed by atoms with van der Waals surface area (Å²) in [5.74, 6) is 6.39. The zero-order valence-electron chi connectivity index (χ0n) is 22.9. The minimum atomic E-state index is -1.42. The molecule has 4 fully saturated rings. The molecule has 224 valence electrons. The molecule has 4 atom stereocenters. The second-order valence-electron chi connectivity index (χ2n) is 11.1. The van der Waals surface area contributed by atoms with Gasteiger partial charge < -0.3 is 31.3 Å². The first-order valence-corrected chi connectivity index (χ1v) is 14.3. The summed E-state index contributed by atoms with van der Waals surface area (Å²) < 4.78 is 0. The number of pyridine rings is 2. The third kappa shape index (κ3) is 7.67. The van der Waals surface area contributed by atoms with E-state index in [0.29, 0.717) is 22.3 Å². The Labute approximate surface area is 256 Å². The third-order valence-electron chi connectivity index (χ3n) is 8.00. The van der Waals surface area contributed by atoms with Crippen molar-refractivity contribution in [1.82, 2.24) is 29.9 Å². The number of fused-ring (bicyclic) bond motifs is 2. The fourth-order valence-electron chi connectivity index (χ4n) is 5.51. The first kappa shape index (κ1) is 30.4. The van der Waals surface area contributed by atoms with E-state index in [1.165, 1.54) is 31.4 Å². The Kier molecular flexibility index (Phi) is 9.24.